The van der Waals surface area contributed by atoms with Crippen LogP contribution in [0.15, 0.2) is 24.3 Å². The number of para-hydroxylation sites is 1. The van der Waals surface area contributed by atoms with E-state index in [2.05, 4.69) is 18.3 Å². The summed E-state index contributed by atoms with van der Waals surface area (Å²) < 4.78 is 5.80. The Morgan fingerprint density at radius 2 is 2.04 bits per heavy atom. The normalized spacial score (nSPS) is 24.8. The summed E-state index contributed by atoms with van der Waals surface area (Å²) in [5.74, 6) is 0. The highest BCUT2D eigenvalue weighted by Gasteiger charge is 2.56. The minimum atomic E-state index is -0.292. The summed E-state index contributed by atoms with van der Waals surface area (Å²) in [5.41, 5.74) is 1.94. The van der Waals surface area contributed by atoms with E-state index in [4.69, 9.17) is 4.74 Å². The molecule has 1 aromatic carbocycles. The molecule has 138 valence electrons. The fraction of sp³-hybridized carbons (Fsp3) is 0.650. The van der Waals surface area contributed by atoms with Crippen LogP contribution in [-0.4, -0.2) is 47.9 Å². The topological polar surface area (TPSA) is 61.8 Å². The molecule has 5 nitrogen and oxygen atoms in total. The molecule has 0 radical (unpaired) electrons. The Kier molecular flexibility index (Phi) is 5.64. The molecular formula is C20H30N2O3. The first-order chi connectivity index (χ1) is 12.1. The molecule has 0 bridgehead atoms. The van der Waals surface area contributed by atoms with Gasteiger partial charge in [0.1, 0.15) is 0 Å². The zero-order valence-corrected chi connectivity index (χ0v) is 15.3. The summed E-state index contributed by atoms with van der Waals surface area (Å²) in [7, 11) is 0. The maximum Gasteiger partial charge on any atom is 0.321 e. The number of likely N-dealkylation sites (tertiary alicyclic amines) is 1. The number of nitrogens with zero attached hydrogens (tertiary/aromatic N) is 1. The number of benzene rings is 1. The van der Waals surface area contributed by atoms with E-state index in [0.29, 0.717) is 19.7 Å². The number of ether oxygens (including phenoxy) is 1. The van der Waals surface area contributed by atoms with Crippen LogP contribution in [0.1, 0.15) is 45.1 Å². The van der Waals surface area contributed by atoms with E-state index < -0.39 is 0 Å². The van der Waals surface area contributed by atoms with Gasteiger partial charge in [-0.05, 0) is 37.8 Å². The summed E-state index contributed by atoms with van der Waals surface area (Å²) in [6.45, 7) is 6.15. The average Bonchev–Trinajstić information content (AvgIpc) is 2.63. The molecule has 2 N–H and O–H groups in total. The van der Waals surface area contributed by atoms with Crippen molar-refractivity contribution in [1.29, 1.82) is 0 Å². The molecule has 2 atom stereocenters. The van der Waals surface area contributed by atoms with Gasteiger partial charge in [0.2, 0.25) is 0 Å². The molecule has 2 unspecified atom stereocenters. The van der Waals surface area contributed by atoms with Gasteiger partial charge in [-0.25, -0.2) is 4.79 Å². The highest BCUT2D eigenvalue weighted by molar-refractivity contribution is 5.90. The third kappa shape index (κ3) is 3.53. The van der Waals surface area contributed by atoms with Gasteiger partial charge in [-0.3, -0.25) is 0 Å². The number of aliphatic hydroxyl groups excluding tert-OH is 1. The molecule has 5 heteroatoms. The van der Waals surface area contributed by atoms with Crippen LogP contribution in [0.4, 0.5) is 10.5 Å². The lowest BCUT2D eigenvalue weighted by Crippen LogP contribution is -2.63. The minimum Gasteiger partial charge on any atom is -0.392 e. The summed E-state index contributed by atoms with van der Waals surface area (Å²) in [6, 6.07) is 7.96. The summed E-state index contributed by atoms with van der Waals surface area (Å²) in [4.78, 5) is 14.5. The smallest absolute Gasteiger partial charge is 0.321 e. The minimum absolute atomic E-state index is 0.0415. The number of urea groups is 1. The van der Waals surface area contributed by atoms with E-state index in [9.17, 15) is 9.90 Å². The van der Waals surface area contributed by atoms with Crippen molar-refractivity contribution in [3.05, 3.63) is 29.8 Å². The van der Waals surface area contributed by atoms with Gasteiger partial charge < -0.3 is 20.1 Å². The lowest BCUT2D eigenvalue weighted by molar-refractivity contribution is -0.207. The molecule has 1 saturated heterocycles. The van der Waals surface area contributed by atoms with Gasteiger partial charge in [0, 0.05) is 37.2 Å². The molecule has 0 aromatic heterocycles. The van der Waals surface area contributed by atoms with E-state index in [-0.39, 0.29) is 23.7 Å². The van der Waals surface area contributed by atoms with Gasteiger partial charge in [0.05, 0.1) is 12.2 Å². The molecule has 3 rings (SSSR count). The van der Waals surface area contributed by atoms with Crippen molar-refractivity contribution in [2.24, 2.45) is 5.41 Å². The molecule has 2 aliphatic rings. The fourth-order valence-electron chi connectivity index (χ4n) is 4.27. The molecule has 2 amide bonds. The van der Waals surface area contributed by atoms with E-state index in [1.807, 2.05) is 30.0 Å². The molecule has 1 saturated carbocycles. The van der Waals surface area contributed by atoms with Gasteiger partial charge in [-0.15, -0.1) is 0 Å². The first-order valence-corrected chi connectivity index (χ1v) is 9.54. The van der Waals surface area contributed by atoms with Gasteiger partial charge in [-0.2, -0.15) is 0 Å². The number of aliphatic hydroxyl groups is 1. The third-order valence-electron chi connectivity index (χ3n) is 5.87. The van der Waals surface area contributed by atoms with Crippen LogP contribution in [0.3, 0.4) is 0 Å². The van der Waals surface area contributed by atoms with Crippen LogP contribution in [-0.2, 0) is 11.2 Å². The zero-order chi connectivity index (χ0) is 17.9. The first kappa shape index (κ1) is 18.2. The zero-order valence-electron chi connectivity index (χ0n) is 15.3. The van der Waals surface area contributed by atoms with Crippen molar-refractivity contribution in [2.45, 2.75) is 58.2 Å². The van der Waals surface area contributed by atoms with E-state index in [1.54, 1.807) is 0 Å². The van der Waals surface area contributed by atoms with Crippen LogP contribution >= 0.6 is 0 Å². The number of amides is 2. The van der Waals surface area contributed by atoms with Gasteiger partial charge >= 0.3 is 6.03 Å². The van der Waals surface area contributed by atoms with Crippen molar-refractivity contribution < 1.29 is 14.6 Å². The average molecular weight is 346 g/mol. The highest BCUT2D eigenvalue weighted by Crippen LogP contribution is 2.50. The van der Waals surface area contributed by atoms with Crippen LogP contribution < -0.4 is 5.32 Å². The maximum absolute atomic E-state index is 12.7. The number of carbonyl (C=O) groups excluding carboxylic acids is 1. The molecule has 1 heterocycles. The number of anilines is 1. The lowest BCUT2D eigenvalue weighted by Gasteiger charge is -2.56. The van der Waals surface area contributed by atoms with E-state index >= 15 is 0 Å². The largest absolute Gasteiger partial charge is 0.392 e. The second-order valence-corrected chi connectivity index (χ2v) is 7.25. The predicted octanol–water partition coefficient (Wildman–Crippen LogP) is 3.42. The molecule has 1 spiro atoms. The number of hydrogen-bond donors (Lipinski definition) is 2. The van der Waals surface area contributed by atoms with Crippen molar-refractivity contribution in [3.63, 3.8) is 0 Å². The predicted molar refractivity (Wildman–Crippen MR) is 98.7 cm³/mol. The molecule has 1 aromatic rings. The maximum atomic E-state index is 12.7. The number of rotatable bonds is 5. The Bertz CT molecular complexity index is 594. The Morgan fingerprint density at radius 3 is 2.68 bits per heavy atom. The Balaban J connectivity index is 1.59. The standard InChI is InChI=1S/C20H30N2O3/c1-3-7-15-8-5-6-9-16(15)21-19(24)22-12-10-20(11-13-22)17(23)14-18(20)25-4-2/h5-6,8-9,17-18,23H,3-4,7,10-14H2,1-2H3,(H,21,24). The van der Waals surface area contributed by atoms with Crippen molar-refractivity contribution >= 4 is 11.7 Å². The van der Waals surface area contributed by atoms with E-state index in [1.165, 1.54) is 5.56 Å². The molecular weight excluding hydrogens is 316 g/mol. The van der Waals surface area contributed by atoms with E-state index in [0.717, 1.165) is 37.8 Å². The SMILES string of the molecule is CCCc1ccccc1NC(=O)N1CCC2(CC1)C(O)CC2OCC. The second-order valence-electron chi connectivity index (χ2n) is 7.25. The Labute approximate surface area is 150 Å². The lowest BCUT2D eigenvalue weighted by atomic mass is 9.58. The van der Waals surface area contributed by atoms with Crippen molar-refractivity contribution in [3.8, 4) is 0 Å². The van der Waals surface area contributed by atoms with Crippen LogP contribution in [0.5, 0.6) is 0 Å². The first-order valence-electron chi connectivity index (χ1n) is 9.54. The number of aryl methyl sites for hydroxylation is 1. The highest BCUT2D eigenvalue weighted by atomic mass is 16.5. The molecule has 25 heavy (non-hydrogen) atoms. The molecule has 1 aliphatic carbocycles. The number of piperidine rings is 1. The second kappa shape index (κ2) is 7.75. The monoisotopic (exact) mass is 346 g/mol. The van der Waals surface area contributed by atoms with Crippen molar-refractivity contribution in [1.82, 2.24) is 4.90 Å². The summed E-state index contributed by atoms with van der Waals surface area (Å²) in [5, 5.41) is 13.3. The van der Waals surface area contributed by atoms with Crippen molar-refractivity contribution in [2.75, 3.05) is 25.0 Å². The van der Waals surface area contributed by atoms with Crippen LogP contribution in [0, 0.1) is 5.41 Å². The van der Waals surface area contributed by atoms with Crippen LogP contribution in [0.25, 0.3) is 0 Å². The quantitative estimate of drug-likeness (QED) is 0.859. The summed E-state index contributed by atoms with van der Waals surface area (Å²) >= 11 is 0. The molecule has 1 aliphatic heterocycles. The van der Waals surface area contributed by atoms with Gasteiger partial charge in [0.15, 0.2) is 0 Å². The number of hydrogen-bond acceptors (Lipinski definition) is 3. The van der Waals surface area contributed by atoms with Gasteiger partial charge in [-0.1, -0.05) is 31.5 Å². The Hall–Kier alpha value is -1.59. The molecule has 2 fully saturated rings. The van der Waals surface area contributed by atoms with Gasteiger partial charge in [0.25, 0.3) is 0 Å². The summed E-state index contributed by atoms with van der Waals surface area (Å²) in [6.07, 6.45) is 4.20. The third-order valence-corrected chi connectivity index (χ3v) is 5.87. The number of nitrogens with one attached hydrogen (secondary N) is 1. The number of carbonyl (C=O) groups is 1. The fourth-order valence-corrected chi connectivity index (χ4v) is 4.27. The Morgan fingerprint density at radius 1 is 1.32 bits per heavy atom. The van der Waals surface area contributed by atoms with Crippen LogP contribution in [0.2, 0.25) is 0 Å².